The maximum absolute atomic E-state index is 5.42. The third-order valence-electron chi connectivity index (χ3n) is 3.73. The lowest BCUT2D eigenvalue weighted by Gasteiger charge is -2.11. The number of methoxy groups -OCH3 is 1. The van der Waals surface area contributed by atoms with Gasteiger partial charge in [0, 0.05) is 29.4 Å². The van der Waals surface area contributed by atoms with Gasteiger partial charge in [-0.2, -0.15) is 5.10 Å². The molecule has 0 radical (unpaired) electrons. The van der Waals surface area contributed by atoms with Crippen LogP contribution in [0.25, 0.3) is 0 Å². The van der Waals surface area contributed by atoms with Gasteiger partial charge in [-0.15, -0.1) is 0 Å². The minimum atomic E-state index is 0.473. The van der Waals surface area contributed by atoms with E-state index in [1.165, 1.54) is 11.3 Å². The van der Waals surface area contributed by atoms with Crippen LogP contribution in [-0.4, -0.2) is 22.9 Å². The number of benzene rings is 1. The third-order valence-corrected chi connectivity index (χ3v) is 3.73. The maximum atomic E-state index is 5.42. The molecule has 0 amide bonds. The number of rotatable bonds is 6. The molecule has 1 heterocycles. The lowest BCUT2D eigenvalue weighted by Crippen LogP contribution is -2.22. The summed E-state index contributed by atoms with van der Waals surface area (Å²) in [5.41, 5.74) is 4.75. The van der Waals surface area contributed by atoms with Crippen LogP contribution in [0.5, 0.6) is 5.75 Å². The molecule has 2 aromatic rings. The quantitative estimate of drug-likeness (QED) is 0.887. The Kier molecular flexibility index (Phi) is 5.02. The largest absolute Gasteiger partial charge is 0.496 e. The van der Waals surface area contributed by atoms with Crippen molar-refractivity contribution in [2.45, 2.75) is 46.8 Å². The standard InChI is InChI=1S/C17H25N3O/c1-12(2)18-10-16-13(3)19-20(14(16)4)11-15-8-6-7-9-17(15)21-5/h6-9,12,18H,10-11H2,1-5H3. The molecular weight excluding hydrogens is 262 g/mol. The van der Waals surface area contributed by atoms with Gasteiger partial charge in [0.25, 0.3) is 0 Å². The van der Waals surface area contributed by atoms with Gasteiger partial charge in [-0.3, -0.25) is 4.68 Å². The van der Waals surface area contributed by atoms with Gasteiger partial charge >= 0.3 is 0 Å². The van der Waals surface area contributed by atoms with Crippen LogP contribution in [0.2, 0.25) is 0 Å². The first-order chi connectivity index (χ1) is 10.0. The van der Waals surface area contributed by atoms with E-state index in [0.717, 1.165) is 30.1 Å². The Hall–Kier alpha value is -1.81. The van der Waals surface area contributed by atoms with Crippen molar-refractivity contribution in [3.63, 3.8) is 0 Å². The molecule has 114 valence electrons. The van der Waals surface area contributed by atoms with Crippen molar-refractivity contribution in [1.82, 2.24) is 15.1 Å². The predicted octanol–water partition coefficient (Wildman–Crippen LogP) is 3.05. The molecule has 1 N–H and O–H groups in total. The Labute approximate surface area is 127 Å². The van der Waals surface area contributed by atoms with Crippen LogP contribution in [0.4, 0.5) is 0 Å². The van der Waals surface area contributed by atoms with Gasteiger partial charge in [0.1, 0.15) is 5.75 Å². The van der Waals surface area contributed by atoms with E-state index in [1.54, 1.807) is 7.11 Å². The summed E-state index contributed by atoms with van der Waals surface area (Å²) in [4.78, 5) is 0. The van der Waals surface area contributed by atoms with Crippen LogP contribution < -0.4 is 10.1 Å². The zero-order valence-electron chi connectivity index (χ0n) is 13.6. The molecule has 21 heavy (non-hydrogen) atoms. The van der Waals surface area contributed by atoms with Crippen molar-refractivity contribution in [1.29, 1.82) is 0 Å². The Morgan fingerprint density at radius 1 is 1.24 bits per heavy atom. The predicted molar refractivity (Wildman–Crippen MR) is 85.8 cm³/mol. The summed E-state index contributed by atoms with van der Waals surface area (Å²) >= 11 is 0. The molecule has 1 aromatic carbocycles. The SMILES string of the molecule is COc1ccccc1Cn1nc(C)c(CNC(C)C)c1C. The minimum absolute atomic E-state index is 0.473. The second-order valence-electron chi connectivity index (χ2n) is 5.65. The Morgan fingerprint density at radius 3 is 2.62 bits per heavy atom. The summed E-state index contributed by atoms with van der Waals surface area (Å²) in [6, 6.07) is 8.57. The van der Waals surface area contributed by atoms with E-state index in [-0.39, 0.29) is 0 Å². The third kappa shape index (κ3) is 3.64. The van der Waals surface area contributed by atoms with Crippen LogP contribution in [0, 0.1) is 13.8 Å². The number of aromatic nitrogens is 2. The maximum Gasteiger partial charge on any atom is 0.123 e. The lowest BCUT2D eigenvalue weighted by molar-refractivity contribution is 0.407. The average Bonchev–Trinajstić information content (AvgIpc) is 2.72. The molecule has 0 aliphatic rings. The van der Waals surface area contributed by atoms with E-state index in [4.69, 9.17) is 4.74 Å². The molecule has 2 rings (SSSR count). The number of para-hydroxylation sites is 1. The average molecular weight is 287 g/mol. The second kappa shape index (κ2) is 6.76. The number of ether oxygens (including phenoxy) is 1. The van der Waals surface area contributed by atoms with Crippen molar-refractivity contribution in [3.05, 3.63) is 46.8 Å². The van der Waals surface area contributed by atoms with Crippen molar-refractivity contribution >= 4 is 0 Å². The van der Waals surface area contributed by atoms with E-state index in [1.807, 2.05) is 18.2 Å². The summed E-state index contributed by atoms with van der Waals surface area (Å²) in [7, 11) is 1.71. The molecule has 0 fully saturated rings. The van der Waals surface area contributed by atoms with Gasteiger partial charge in [0.2, 0.25) is 0 Å². The molecule has 4 nitrogen and oxygen atoms in total. The number of aryl methyl sites for hydroxylation is 1. The summed E-state index contributed by atoms with van der Waals surface area (Å²) < 4.78 is 7.48. The highest BCUT2D eigenvalue weighted by Gasteiger charge is 2.13. The van der Waals surface area contributed by atoms with Gasteiger partial charge < -0.3 is 10.1 Å². The number of nitrogens with one attached hydrogen (secondary N) is 1. The van der Waals surface area contributed by atoms with E-state index < -0.39 is 0 Å². The first-order valence-corrected chi connectivity index (χ1v) is 7.41. The molecule has 0 aliphatic heterocycles. The molecule has 4 heteroatoms. The van der Waals surface area contributed by atoms with Gasteiger partial charge in [-0.1, -0.05) is 32.0 Å². The molecule has 0 aliphatic carbocycles. The van der Waals surface area contributed by atoms with Gasteiger partial charge in [-0.25, -0.2) is 0 Å². The van der Waals surface area contributed by atoms with Crippen LogP contribution in [0.15, 0.2) is 24.3 Å². The summed E-state index contributed by atoms with van der Waals surface area (Å²) in [5, 5.41) is 8.15. The number of nitrogens with zero attached hydrogens (tertiary/aromatic N) is 2. The summed E-state index contributed by atoms with van der Waals surface area (Å²) in [6.45, 7) is 10.1. The first kappa shape index (κ1) is 15.6. The van der Waals surface area contributed by atoms with Crippen molar-refractivity contribution < 1.29 is 4.74 Å². The zero-order valence-corrected chi connectivity index (χ0v) is 13.6. The van der Waals surface area contributed by atoms with Gasteiger partial charge in [0.05, 0.1) is 19.3 Å². The molecule has 0 bridgehead atoms. The molecular formula is C17H25N3O. The van der Waals surface area contributed by atoms with Gasteiger partial charge in [0.15, 0.2) is 0 Å². The molecule has 0 spiro atoms. The Morgan fingerprint density at radius 2 is 1.95 bits per heavy atom. The normalized spacial score (nSPS) is 11.1. The Balaban J connectivity index is 2.23. The van der Waals surface area contributed by atoms with Crippen LogP contribution in [0.3, 0.4) is 0 Å². The highest BCUT2D eigenvalue weighted by atomic mass is 16.5. The fraction of sp³-hybridized carbons (Fsp3) is 0.471. The molecule has 0 atom stereocenters. The fourth-order valence-corrected chi connectivity index (χ4v) is 2.44. The van der Waals surface area contributed by atoms with Crippen LogP contribution in [0.1, 0.15) is 36.4 Å². The van der Waals surface area contributed by atoms with Crippen LogP contribution in [-0.2, 0) is 13.1 Å². The minimum Gasteiger partial charge on any atom is -0.496 e. The first-order valence-electron chi connectivity index (χ1n) is 7.41. The molecule has 1 aromatic heterocycles. The fourth-order valence-electron chi connectivity index (χ4n) is 2.44. The smallest absolute Gasteiger partial charge is 0.123 e. The zero-order chi connectivity index (χ0) is 15.4. The van der Waals surface area contributed by atoms with Crippen molar-refractivity contribution in [3.8, 4) is 5.75 Å². The number of hydrogen-bond acceptors (Lipinski definition) is 3. The van der Waals surface area contributed by atoms with E-state index in [9.17, 15) is 0 Å². The van der Waals surface area contributed by atoms with Crippen molar-refractivity contribution in [2.75, 3.05) is 7.11 Å². The van der Waals surface area contributed by atoms with Crippen LogP contribution >= 0.6 is 0 Å². The molecule has 0 saturated heterocycles. The van der Waals surface area contributed by atoms with E-state index in [2.05, 4.69) is 48.9 Å². The molecule has 0 unspecified atom stereocenters. The van der Waals surface area contributed by atoms with E-state index in [0.29, 0.717) is 6.04 Å². The highest BCUT2D eigenvalue weighted by molar-refractivity contribution is 5.34. The second-order valence-corrected chi connectivity index (χ2v) is 5.65. The Bertz CT molecular complexity index is 602. The number of hydrogen-bond donors (Lipinski definition) is 1. The lowest BCUT2D eigenvalue weighted by atomic mass is 10.1. The monoisotopic (exact) mass is 287 g/mol. The summed E-state index contributed by atoms with van der Waals surface area (Å²) in [6.07, 6.45) is 0. The van der Waals surface area contributed by atoms with Crippen molar-refractivity contribution in [2.24, 2.45) is 0 Å². The van der Waals surface area contributed by atoms with E-state index >= 15 is 0 Å². The molecule has 0 saturated carbocycles. The summed E-state index contributed by atoms with van der Waals surface area (Å²) in [5.74, 6) is 0.909. The topological polar surface area (TPSA) is 39.1 Å². The van der Waals surface area contributed by atoms with Gasteiger partial charge in [-0.05, 0) is 19.9 Å². The highest BCUT2D eigenvalue weighted by Crippen LogP contribution is 2.21.